The third-order valence-corrected chi connectivity index (χ3v) is 5.23. The van der Waals surface area contributed by atoms with E-state index >= 15 is 4.39 Å². The maximum atomic E-state index is 15.5. The lowest BCUT2D eigenvalue weighted by Gasteiger charge is -2.16. The average molecular weight is 426 g/mol. The molecular formula is C22H23FN4O4. The third kappa shape index (κ3) is 4.51. The molecule has 8 nitrogen and oxygen atoms in total. The second-order valence-corrected chi connectivity index (χ2v) is 7.88. The van der Waals surface area contributed by atoms with Gasteiger partial charge in [-0.05, 0) is 50.3 Å². The van der Waals surface area contributed by atoms with Crippen molar-refractivity contribution in [3.05, 3.63) is 53.1 Å². The number of aromatic nitrogens is 2. The first-order valence-electron chi connectivity index (χ1n) is 9.99. The van der Waals surface area contributed by atoms with Crippen LogP contribution in [0.3, 0.4) is 0 Å². The van der Waals surface area contributed by atoms with Crippen LogP contribution in [-0.4, -0.2) is 33.1 Å². The largest absolute Gasteiger partial charge is 0.480 e. The first kappa shape index (κ1) is 20.8. The number of carboxylic acid groups (broad SMARTS) is 1. The molecule has 0 aliphatic heterocycles. The quantitative estimate of drug-likeness (QED) is 0.475. The predicted octanol–water partition coefficient (Wildman–Crippen LogP) is 3.69. The molecule has 162 valence electrons. The number of hydroxylamine groups is 1. The number of nitrogens with zero attached hydrogens (tertiary/aromatic N) is 2. The minimum absolute atomic E-state index is 0.00656. The standard InChI is InChI=1S/C22H23FN4O4/c1-12-3-6-16(13(2)7-12)25-20-15(22(30)26-31-10-14-4-5-14)8-17-21(19(20)23)24-11-27(17)9-18(28)29/h3,6-8,11,14,25H,4-5,9-10H2,1-2H3,(H,26,30)(H,28,29). The lowest BCUT2D eigenvalue weighted by atomic mass is 10.1. The van der Waals surface area contributed by atoms with Crippen LogP contribution >= 0.6 is 0 Å². The molecule has 1 heterocycles. The van der Waals surface area contributed by atoms with Crippen molar-refractivity contribution in [3.8, 4) is 0 Å². The molecule has 1 saturated carbocycles. The molecule has 0 bridgehead atoms. The number of imidazole rings is 1. The van der Waals surface area contributed by atoms with Gasteiger partial charge in [-0.25, -0.2) is 14.9 Å². The number of amides is 1. The summed E-state index contributed by atoms with van der Waals surface area (Å²) in [5.74, 6) is -2.04. The summed E-state index contributed by atoms with van der Waals surface area (Å²) < 4.78 is 16.8. The minimum atomic E-state index is -1.10. The number of carboxylic acids is 1. The smallest absolute Gasteiger partial charge is 0.323 e. The van der Waals surface area contributed by atoms with Gasteiger partial charge in [0.1, 0.15) is 12.1 Å². The van der Waals surface area contributed by atoms with Gasteiger partial charge in [-0.15, -0.1) is 0 Å². The highest BCUT2D eigenvalue weighted by Gasteiger charge is 2.25. The van der Waals surface area contributed by atoms with E-state index in [4.69, 9.17) is 9.94 Å². The summed E-state index contributed by atoms with van der Waals surface area (Å²) in [5, 5.41) is 12.1. The van der Waals surface area contributed by atoms with Crippen LogP contribution < -0.4 is 10.8 Å². The van der Waals surface area contributed by atoms with Gasteiger partial charge < -0.3 is 15.0 Å². The summed E-state index contributed by atoms with van der Waals surface area (Å²) >= 11 is 0. The van der Waals surface area contributed by atoms with Crippen LogP contribution in [0.25, 0.3) is 11.0 Å². The van der Waals surface area contributed by atoms with Crippen molar-refractivity contribution in [2.24, 2.45) is 5.92 Å². The molecule has 0 radical (unpaired) electrons. The van der Waals surface area contributed by atoms with E-state index in [1.165, 1.54) is 17.0 Å². The number of benzene rings is 2. The lowest BCUT2D eigenvalue weighted by molar-refractivity contribution is -0.137. The van der Waals surface area contributed by atoms with Crippen LogP contribution in [0.5, 0.6) is 0 Å². The van der Waals surface area contributed by atoms with E-state index in [-0.39, 0.29) is 22.3 Å². The van der Waals surface area contributed by atoms with E-state index in [2.05, 4.69) is 15.8 Å². The monoisotopic (exact) mass is 426 g/mol. The van der Waals surface area contributed by atoms with E-state index in [0.717, 1.165) is 24.0 Å². The highest BCUT2D eigenvalue weighted by molar-refractivity contribution is 6.04. The summed E-state index contributed by atoms with van der Waals surface area (Å²) in [6.07, 6.45) is 3.36. The molecule has 9 heteroatoms. The van der Waals surface area contributed by atoms with Crippen LogP contribution in [0.1, 0.15) is 34.3 Å². The maximum absolute atomic E-state index is 15.5. The van der Waals surface area contributed by atoms with Gasteiger partial charge in [0, 0.05) is 5.69 Å². The Balaban J connectivity index is 1.76. The van der Waals surface area contributed by atoms with Crippen molar-refractivity contribution >= 4 is 34.3 Å². The Kier molecular flexibility index (Phi) is 5.60. The van der Waals surface area contributed by atoms with Gasteiger partial charge in [0.15, 0.2) is 5.82 Å². The Morgan fingerprint density at radius 3 is 2.74 bits per heavy atom. The molecule has 1 fully saturated rings. The normalized spacial score (nSPS) is 13.4. The number of anilines is 2. The fraction of sp³-hybridized carbons (Fsp3) is 0.318. The van der Waals surface area contributed by atoms with Gasteiger partial charge in [-0.3, -0.25) is 14.4 Å². The minimum Gasteiger partial charge on any atom is -0.480 e. The zero-order valence-electron chi connectivity index (χ0n) is 17.2. The predicted molar refractivity (Wildman–Crippen MR) is 113 cm³/mol. The number of carbonyl (C=O) groups is 2. The van der Waals surface area contributed by atoms with Crippen molar-refractivity contribution in [1.29, 1.82) is 0 Å². The number of hydrogen-bond donors (Lipinski definition) is 3. The van der Waals surface area contributed by atoms with E-state index in [0.29, 0.717) is 18.2 Å². The molecule has 3 N–H and O–H groups in total. The summed E-state index contributed by atoms with van der Waals surface area (Å²) in [6, 6.07) is 7.06. The molecule has 2 aromatic carbocycles. The molecule has 1 aromatic heterocycles. The fourth-order valence-electron chi connectivity index (χ4n) is 3.38. The zero-order chi connectivity index (χ0) is 22.1. The molecule has 0 atom stereocenters. The second-order valence-electron chi connectivity index (χ2n) is 7.88. The third-order valence-electron chi connectivity index (χ3n) is 5.23. The first-order valence-corrected chi connectivity index (χ1v) is 9.99. The number of rotatable bonds is 8. The Morgan fingerprint density at radius 2 is 2.06 bits per heavy atom. The van der Waals surface area contributed by atoms with Crippen LogP contribution in [0.2, 0.25) is 0 Å². The van der Waals surface area contributed by atoms with Crippen molar-refractivity contribution in [3.63, 3.8) is 0 Å². The van der Waals surface area contributed by atoms with E-state index in [9.17, 15) is 9.59 Å². The Hall–Kier alpha value is -3.46. The Bertz CT molecular complexity index is 1170. The van der Waals surface area contributed by atoms with Gasteiger partial charge in [0.2, 0.25) is 0 Å². The van der Waals surface area contributed by atoms with E-state index < -0.39 is 24.2 Å². The number of aryl methyl sites for hydroxylation is 2. The highest BCUT2D eigenvalue weighted by atomic mass is 19.1. The van der Waals surface area contributed by atoms with Crippen molar-refractivity contribution in [2.45, 2.75) is 33.2 Å². The Labute approximate surface area is 178 Å². The number of fused-ring (bicyclic) bond motifs is 1. The molecule has 4 rings (SSSR count). The highest BCUT2D eigenvalue weighted by Crippen LogP contribution is 2.32. The summed E-state index contributed by atoms with van der Waals surface area (Å²) in [7, 11) is 0. The van der Waals surface area contributed by atoms with E-state index in [1.54, 1.807) is 0 Å². The Morgan fingerprint density at radius 1 is 1.29 bits per heavy atom. The second kappa shape index (κ2) is 8.35. The number of carbonyl (C=O) groups excluding carboxylic acids is 1. The SMILES string of the molecule is Cc1ccc(Nc2c(C(=O)NOCC3CC3)cc3c(ncn3CC(=O)O)c2F)c(C)c1. The van der Waals surface area contributed by atoms with Crippen LogP contribution in [-0.2, 0) is 16.2 Å². The topological polar surface area (TPSA) is 105 Å². The molecule has 1 amide bonds. The number of halogens is 1. The molecular weight excluding hydrogens is 403 g/mol. The maximum Gasteiger partial charge on any atom is 0.323 e. The first-order chi connectivity index (χ1) is 14.8. The van der Waals surface area contributed by atoms with Gasteiger partial charge in [0.25, 0.3) is 5.91 Å². The molecule has 0 spiro atoms. The van der Waals surface area contributed by atoms with Crippen LogP contribution in [0, 0.1) is 25.6 Å². The summed E-state index contributed by atoms with van der Waals surface area (Å²) in [6.45, 7) is 3.83. The average Bonchev–Trinajstić information content (AvgIpc) is 3.45. The molecule has 1 aliphatic rings. The fourth-order valence-corrected chi connectivity index (χ4v) is 3.38. The number of aliphatic carboxylic acids is 1. The van der Waals surface area contributed by atoms with Crippen LogP contribution in [0.4, 0.5) is 15.8 Å². The van der Waals surface area contributed by atoms with E-state index in [1.807, 2.05) is 32.0 Å². The molecule has 31 heavy (non-hydrogen) atoms. The van der Waals surface area contributed by atoms with Gasteiger partial charge in [0.05, 0.1) is 29.7 Å². The molecule has 0 unspecified atom stereocenters. The molecule has 3 aromatic rings. The van der Waals surface area contributed by atoms with Crippen molar-refractivity contribution in [1.82, 2.24) is 15.0 Å². The van der Waals surface area contributed by atoms with Gasteiger partial charge >= 0.3 is 5.97 Å². The summed E-state index contributed by atoms with van der Waals surface area (Å²) in [4.78, 5) is 33.3. The lowest BCUT2D eigenvalue weighted by Crippen LogP contribution is -2.26. The number of hydrogen-bond acceptors (Lipinski definition) is 5. The number of nitrogens with one attached hydrogen (secondary N) is 2. The molecule has 0 saturated heterocycles. The molecule has 1 aliphatic carbocycles. The van der Waals surface area contributed by atoms with Crippen molar-refractivity contribution < 1.29 is 23.9 Å². The zero-order valence-corrected chi connectivity index (χ0v) is 17.2. The van der Waals surface area contributed by atoms with Gasteiger partial charge in [-0.1, -0.05) is 17.7 Å². The van der Waals surface area contributed by atoms with Crippen molar-refractivity contribution in [2.75, 3.05) is 11.9 Å². The van der Waals surface area contributed by atoms with Gasteiger partial charge in [-0.2, -0.15) is 0 Å². The van der Waals surface area contributed by atoms with Crippen LogP contribution in [0.15, 0.2) is 30.6 Å². The summed E-state index contributed by atoms with van der Waals surface area (Å²) in [5.41, 5.74) is 5.08.